The first-order chi connectivity index (χ1) is 22.2. The van der Waals surface area contributed by atoms with Crippen molar-refractivity contribution in [1.82, 2.24) is 10.0 Å². The molecule has 0 fully saturated rings. The lowest BCUT2D eigenvalue weighted by Crippen LogP contribution is -2.42. The molecule has 1 aliphatic heterocycles. The van der Waals surface area contributed by atoms with Crippen LogP contribution in [0.5, 0.6) is 5.75 Å². The van der Waals surface area contributed by atoms with Gasteiger partial charge in [-0.2, -0.15) is 0 Å². The molecule has 3 aromatic carbocycles. The molecule has 0 radical (unpaired) electrons. The fourth-order valence-corrected chi connectivity index (χ4v) is 8.05. The number of fused-ring (bicyclic) bond motifs is 4. The average molecular weight is 663 g/mol. The van der Waals surface area contributed by atoms with Gasteiger partial charge < -0.3 is 25.3 Å². The Kier molecular flexibility index (Phi) is 9.53. The highest BCUT2D eigenvalue weighted by atomic mass is 32.2. The number of nitrogens with zero attached hydrogens (tertiary/aromatic N) is 1. The lowest BCUT2D eigenvalue weighted by Gasteiger charge is -2.20. The summed E-state index contributed by atoms with van der Waals surface area (Å²) in [5.74, 6) is -0.466. The number of guanidine groups is 1. The van der Waals surface area contributed by atoms with Gasteiger partial charge in [-0.05, 0) is 80.8 Å². The molecule has 1 amide bonds. The fourth-order valence-electron chi connectivity index (χ4n) is 6.56. The maximum atomic E-state index is 13.4. The average Bonchev–Trinajstić information content (AvgIpc) is 3.53. The molecule has 2 aliphatic rings. The van der Waals surface area contributed by atoms with Crippen molar-refractivity contribution < 1.29 is 32.2 Å². The van der Waals surface area contributed by atoms with Gasteiger partial charge in [-0.25, -0.2) is 22.7 Å². The number of carbonyl (C=O) groups is 2. The number of sulfonamides is 1. The second kappa shape index (κ2) is 13.3. The summed E-state index contributed by atoms with van der Waals surface area (Å²) in [7, 11) is -2.84. The van der Waals surface area contributed by atoms with E-state index >= 15 is 0 Å². The van der Waals surface area contributed by atoms with Crippen molar-refractivity contribution in [2.75, 3.05) is 20.3 Å². The highest BCUT2D eigenvalue weighted by molar-refractivity contribution is 7.90. The van der Waals surface area contributed by atoms with E-state index in [1.165, 1.54) is 7.11 Å². The Bertz CT molecular complexity index is 1810. The first kappa shape index (κ1) is 33.8. The van der Waals surface area contributed by atoms with Crippen LogP contribution in [0.15, 0.2) is 58.4 Å². The molecule has 0 spiro atoms. The van der Waals surface area contributed by atoms with Crippen molar-refractivity contribution in [3.05, 3.63) is 81.9 Å². The zero-order chi connectivity index (χ0) is 34.1. The van der Waals surface area contributed by atoms with Crippen LogP contribution < -0.4 is 20.5 Å². The van der Waals surface area contributed by atoms with Gasteiger partial charge in [-0.3, -0.25) is 4.99 Å². The van der Waals surface area contributed by atoms with E-state index < -0.39 is 33.7 Å². The van der Waals surface area contributed by atoms with E-state index in [1.807, 2.05) is 69.3 Å². The lowest BCUT2D eigenvalue weighted by molar-refractivity contribution is -0.143. The minimum atomic E-state index is -4.07. The molecule has 1 heterocycles. The van der Waals surface area contributed by atoms with Gasteiger partial charge in [0, 0.05) is 30.0 Å². The normalized spacial score (nSPS) is 15.6. The smallest absolute Gasteiger partial charge is 0.407 e. The van der Waals surface area contributed by atoms with Gasteiger partial charge in [0.25, 0.3) is 10.0 Å². The lowest BCUT2D eigenvalue weighted by atomic mass is 9.93. The van der Waals surface area contributed by atoms with Crippen molar-refractivity contribution in [3.63, 3.8) is 0 Å². The zero-order valence-electron chi connectivity index (χ0n) is 27.6. The van der Waals surface area contributed by atoms with Crippen LogP contribution >= 0.6 is 0 Å². The number of nitrogens with two attached hydrogens (primary N) is 1. The molecule has 0 saturated carbocycles. The second-order valence-corrected chi connectivity index (χ2v) is 14.2. The van der Waals surface area contributed by atoms with Crippen molar-refractivity contribution in [2.24, 2.45) is 10.7 Å². The van der Waals surface area contributed by atoms with E-state index in [4.69, 9.17) is 19.9 Å². The van der Waals surface area contributed by atoms with Crippen LogP contribution in [0.2, 0.25) is 0 Å². The van der Waals surface area contributed by atoms with Crippen LogP contribution in [0.3, 0.4) is 0 Å². The number of rotatable bonds is 10. The quantitative estimate of drug-likeness (QED) is 0.121. The van der Waals surface area contributed by atoms with Gasteiger partial charge >= 0.3 is 12.1 Å². The molecule has 11 nitrogen and oxygen atoms in total. The van der Waals surface area contributed by atoms with Crippen molar-refractivity contribution in [3.8, 4) is 16.9 Å². The maximum absolute atomic E-state index is 13.4. The number of nitrogens with one attached hydrogen (secondary N) is 2. The summed E-state index contributed by atoms with van der Waals surface area (Å²) < 4.78 is 45.8. The number of amides is 1. The predicted octanol–water partition coefficient (Wildman–Crippen LogP) is 4.78. The third kappa shape index (κ3) is 6.92. The van der Waals surface area contributed by atoms with E-state index in [0.29, 0.717) is 29.7 Å². The molecule has 5 rings (SSSR count). The van der Waals surface area contributed by atoms with Crippen LogP contribution in [0, 0.1) is 20.8 Å². The minimum absolute atomic E-state index is 0.0900. The topological polar surface area (TPSA) is 158 Å². The van der Waals surface area contributed by atoms with Crippen LogP contribution in [-0.2, 0) is 30.7 Å². The van der Waals surface area contributed by atoms with E-state index in [2.05, 4.69) is 15.0 Å². The van der Waals surface area contributed by atoms with Gasteiger partial charge in [-0.1, -0.05) is 48.5 Å². The van der Waals surface area contributed by atoms with E-state index in [9.17, 15) is 18.0 Å². The molecule has 12 heteroatoms. The van der Waals surface area contributed by atoms with Crippen molar-refractivity contribution >= 4 is 28.0 Å². The third-order valence-electron chi connectivity index (χ3n) is 8.85. The number of esters is 1. The Hall–Kier alpha value is -4.58. The number of benzene rings is 3. The molecule has 0 saturated heterocycles. The molecule has 0 bridgehead atoms. The molecular formula is C35H42N4O7S. The van der Waals surface area contributed by atoms with Crippen molar-refractivity contribution in [1.29, 1.82) is 0 Å². The Morgan fingerprint density at radius 1 is 1.02 bits per heavy atom. The van der Waals surface area contributed by atoms with Gasteiger partial charge in [0.05, 0.1) is 12.0 Å². The predicted molar refractivity (Wildman–Crippen MR) is 179 cm³/mol. The molecule has 1 atom stereocenters. The molecular weight excluding hydrogens is 620 g/mol. The molecule has 4 N–H and O–H groups in total. The maximum Gasteiger partial charge on any atom is 0.407 e. The Labute approximate surface area is 275 Å². The molecule has 47 heavy (non-hydrogen) atoms. The summed E-state index contributed by atoms with van der Waals surface area (Å²) in [6.07, 6.45) is 0.400. The number of methoxy groups -OCH3 is 1. The van der Waals surface area contributed by atoms with Crippen molar-refractivity contribution in [2.45, 2.75) is 76.3 Å². The molecule has 1 unspecified atom stereocenters. The highest BCUT2D eigenvalue weighted by Crippen LogP contribution is 2.45. The third-order valence-corrected chi connectivity index (χ3v) is 10.5. The molecule has 0 aromatic heterocycles. The van der Waals surface area contributed by atoms with Crippen LogP contribution in [0.1, 0.15) is 66.0 Å². The first-order valence-electron chi connectivity index (χ1n) is 15.6. The standard InChI is InChI=1S/C35H42N4O7S/c1-20-21(2)31(22(3)30-27(20)18-35(4,5)46-30)47(42,43)39-33(36)37-17-11-16-29(32(40)44-6)38-34(41)45-19-28-25-14-9-7-12-23(25)24-13-8-10-15-26(24)28/h7-10,12-15,28-29H,11,16-19H2,1-6H3,(H,38,41)(H3,36,37,39). The summed E-state index contributed by atoms with van der Waals surface area (Å²) in [6, 6.07) is 15.0. The summed E-state index contributed by atoms with van der Waals surface area (Å²) >= 11 is 0. The van der Waals surface area contributed by atoms with E-state index in [0.717, 1.165) is 33.4 Å². The number of aliphatic imine (C=N–C) groups is 1. The number of alkyl carbamates (subject to hydrolysis) is 1. The van der Waals surface area contributed by atoms with E-state index in [1.54, 1.807) is 13.8 Å². The second-order valence-electron chi connectivity index (χ2n) is 12.6. The van der Waals surface area contributed by atoms with Crippen LogP contribution in [0.4, 0.5) is 4.79 Å². The number of hydrogen-bond donors (Lipinski definition) is 3. The Morgan fingerprint density at radius 3 is 2.26 bits per heavy atom. The number of ether oxygens (including phenoxy) is 3. The minimum Gasteiger partial charge on any atom is -0.487 e. The van der Waals surface area contributed by atoms with Gasteiger partial charge in [0.15, 0.2) is 0 Å². The number of carbonyl (C=O) groups excluding carboxylic acids is 2. The van der Waals surface area contributed by atoms with E-state index in [-0.39, 0.29) is 36.3 Å². The van der Waals surface area contributed by atoms with Crippen LogP contribution in [-0.4, -0.2) is 58.3 Å². The summed E-state index contributed by atoms with van der Waals surface area (Å²) in [5, 5.41) is 2.59. The monoisotopic (exact) mass is 662 g/mol. The first-order valence-corrected chi connectivity index (χ1v) is 17.1. The summed E-state index contributed by atoms with van der Waals surface area (Å²) in [5.41, 5.74) is 13.0. The highest BCUT2D eigenvalue weighted by Gasteiger charge is 2.37. The Morgan fingerprint density at radius 2 is 1.64 bits per heavy atom. The Balaban J connectivity index is 1.17. The molecule has 1 aliphatic carbocycles. The number of hydrogen-bond acceptors (Lipinski definition) is 8. The van der Waals surface area contributed by atoms with Gasteiger partial charge in [0.2, 0.25) is 5.96 Å². The largest absolute Gasteiger partial charge is 0.487 e. The van der Waals surface area contributed by atoms with Gasteiger partial charge in [0.1, 0.15) is 24.0 Å². The SMILES string of the molecule is COC(=O)C(CCCN=C(N)NS(=O)(=O)c1c(C)c(C)c2c(c1C)OC(C)(C)C2)NC(=O)OCC1c2ccccc2-c2ccccc21. The van der Waals surface area contributed by atoms with Gasteiger partial charge in [-0.15, -0.1) is 0 Å². The van der Waals surface area contributed by atoms with Crippen LogP contribution in [0.25, 0.3) is 11.1 Å². The fraction of sp³-hybridized carbons (Fsp3) is 0.400. The summed E-state index contributed by atoms with van der Waals surface area (Å²) in [6.45, 7) is 9.52. The summed E-state index contributed by atoms with van der Waals surface area (Å²) in [4.78, 5) is 29.5. The zero-order valence-corrected chi connectivity index (χ0v) is 28.4. The molecule has 250 valence electrons. The molecule has 3 aromatic rings.